The highest BCUT2D eigenvalue weighted by Gasteiger charge is 2.35. The summed E-state index contributed by atoms with van der Waals surface area (Å²) in [5.74, 6) is 0. The Morgan fingerprint density at radius 3 is 2.28 bits per heavy atom. The van der Waals surface area contributed by atoms with Gasteiger partial charge in [0.2, 0.25) is 0 Å². The molecule has 3 N–H and O–H groups in total. The SMILES string of the molecule is CC(C)(C)[Si](C)(C)Nc1ccc([N+](=O)[O-])c(N)c1. The molecule has 0 radical (unpaired) electrons. The Morgan fingerprint density at radius 2 is 1.89 bits per heavy atom. The molecule has 0 aliphatic rings. The van der Waals surface area contributed by atoms with E-state index in [2.05, 4.69) is 38.8 Å². The van der Waals surface area contributed by atoms with Gasteiger partial charge in [-0.3, -0.25) is 10.1 Å². The van der Waals surface area contributed by atoms with Gasteiger partial charge in [-0.25, -0.2) is 0 Å². The van der Waals surface area contributed by atoms with Crippen molar-refractivity contribution in [2.45, 2.75) is 38.9 Å². The lowest BCUT2D eigenvalue weighted by Gasteiger charge is -2.38. The summed E-state index contributed by atoms with van der Waals surface area (Å²) in [6, 6.07) is 4.80. The average Bonchev–Trinajstić information content (AvgIpc) is 2.14. The summed E-state index contributed by atoms with van der Waals surface area (Å²) >= 11 is 0. The van der Waals surface area contributed by atoms with Gasteiger partial charge in [0.1, 0.15) is 5.69 Å². The molecule has 0 unspecified atom stereocenters. The first-order valence-corrected chi connectivity index (χ1v) is 8.87. The van der Waals surface area contributed by atoms with E-state index in [1.807, 2.05) is 0 Å². The van der Waals surface area contributed by atoms with Crippen molar-refractivity contribution in [1.82, 2.24) is 0 Å². The maximum absolute atomic E-state index is 10.7. The first-order chi connectivity index (χ1) is 8.04. The molecule has 1 rings (SSSR count). The highest BCUT2D eigenvalue weighted by atomic mass is 28.3. The Kier molecular flexibility index (Phi) is 3.71. The minimum atomic E-state index is -1.69. The smallest absolute Gasteiger partial charge is 0.292 e. The quantitative estimate of drug-likeness (QED) is 0.379. The van der Waals surface area contributed by atoms with Gasteiger partial charge in [0.05, 0.1) is 4.92 Å². The summed E-state index contributed by atoms with van der Waals surface area (Å²) in [7, 11) is -1.69. The molecule has 1 aromatic carbocycles. The second-order valence-electron chi connectivity index (χ2n) is 6.03. The number of hydrogen-bond donors (Lipinski definition) is 2. The van der Waals surface area contributed by atoms with Crippen LogP contribution in [0.2, 0.25) is 18.1 Å². The molecular weight excluding hydrogens is 246 g/mol. The molecule has 0 bridgehead atoms. The van der Waals surface area contributed by atoms with Gasteiger partial charge in [-0.1, -0.05) is 33.9 Å². The van der Waals surface area contributed by atoms with Crippen molar-refractivity contribution in [3.8, 4) is 0 Å². The molecule has 0 spiro atoms. The zero-order valence-corrected chi connectivity index (χ0v) is 12.6. The fraction of sp³-hybridized carbons (Fsp3) is 0.500. The molecule has 0 aliphatic heterocycles. The number of rotatable bonds is 3. The van der Waals surface area contributed by atoms with Crippen LogP contribution in [0.3, 0.4) is 0 Å². The van der Waals surface area contributed by atoms with Gasteiger partial charge in [0.15, 0.2) is 8.24 Å². The summed E-state index contributed by atoms with van der Waals surface area (Å²) in [5.41, 5.74) is 6.69. The van der Waals surface area contributed by atoms with Gasteiger partial charge >= 0.3 is 0 Å². The van der Waals surface area contributed by atoms with E-state index in [0.29, 0.717) is 0 Å². The third-order valence-electron chi connectivity index (χ3n) is 3.56. The van der Waals surface area contributed by atoms with E-state index in [-0.39, 0.29) is 16.4 Å². The Hall–Kier alpha value is -1.56. The van der Waals surface area contributed by atoms with Crippen molar-refractivity contribution in [2.24, 2.45) is 0 Å². The van der Waals surface area contributed by atoms with E-state index in [1.54, 1.807) is 12.1 Å². The lowest BCUT2D eigenvalue weighted by atomic mass is 10.2. The van der Waals surface area contributed by atoms with Crippen LogP contribution in [0, 0.1) is 10.1 Å². The van der Waals surface area contributed by atoms with Gasteiger partial charge in [0, 0.05) is 11.8 Å². The molecule has 1 aromatic rings. The van der Waals surface area contributed by atoms with Crippen LogP contribution < -0.4 is 10.7 Å². The monoisotopic (exact) mass is 267 g/mol. The summed E-state index contributed by atoms with van der Waals surface area (Å²) in [6.45, 7) is 11.0. The number of nitrogens with one attached hydrogen (secondary N) is 1. The molecule has 0 aromatic heterocycles. The fourth-order valence-corrected chi connectivity index (χ4v) is 2.60. The van der Waals surface area contributed by atoms with Crippen LogP contribution in [0.25, 0.3) is 0 Å². The fourth-order valence-electron chi connectivity index (χ4n) is 1.35. The number of nitrogens with zero attached hydrogens (tertiary/aromatic N) is 1. The summed E-state index contributed by atoms with van der Waals surface area (Å²) in [6.07, 6.45) is 0. The molecule has 0 fully saturated rings. The van der Waals surface area contributed by atoms with Gasteiger partial charge in [0.25, 0.3) is 5.69 Å². The molecule has 5 nitrogen and oxygen atoms in total. The van der Waals surface area contributed by atoms with E-state index >= 15 is 0 Å². The summed E-state index contributed by atoms with van der Waals surface area (Å²) < 4.78 is 0. The van der Waals surface area contributed by atoms with Crippen LogP contribution in [-0.4, -0.2) is 13.2 Å². The Labute approximate surface area is 109 Å². The number of nitro benzene ring substituents is 1. The van der Waals surface area contributed by atoms with Crippen LogP contribution in [0.5, 0.6) is 0 Å². The maximum Gasteiger partial charge on any atom is 0.292 e. The minimum absolute atomic E-state index is 0.0456. The second kappa shape index (κ2) is 4.60. The van der Waals surface area contributed by atoms with Crippen molar-refractivity contribution in [3.05, 3.63) is 28.3 Å². The average molecular weight is 267 g/mol. The number of anilines is 2. The van der Waals surface area contributed by atoms with Crippen molar-refractivity contribution >= 4 is 25.3 Å². The van der Waals surface area contributed by atoms with Gasteiger partial charge in [-0.05, 0) is 17.2 Å². The van der Waals surface area contributed by atoms with E-state index in [0.717, 1.165) is 5.69 Å². The minimum Gasteiger partial charge on any atom is -0.410 e. The Bertz CT molecular complexity index is 467. The first-order valence-electron chi connectivity index (χ1n) is 5.87. The second-order valence-corrected chi connectivity index (χ2v) is 11.0. The van der Waals surface area contributed by atoms with E-state index in [1.165, 1.54) is 6.07 Å². The molecule has 0 saturated heterocycles. The predicted molar refractivity (Wildman–Crippen MR) is 78.3 cm³/mol. The first kappa shape index (κ1) is 14.5. The van der Waals surface area contributed by atoms with E-state index in [9.17, 15) is 10.1 Å². The molecule has 0 atom stereocenters. The molecule has 18 heavy (non-hydrogen) atoms. The predicted octanol–water partition coefficient (Wildman–Crippen LogP) is 3.59. The van der Waals surface area contributed by atoms with Crippen LogP contribution >= 0.6 is 0 Å². The molecule has 0 heterocycles. The lowest BCUT2D eigenvalue weighted by molar-refractivity contribution is -0.383. The largest absolute Gasteiger partial charge is 0.410 e. The number of nitro groups is 1. The topological polar surface area (TPSA) is 81.2 Å². The number of nitrogen functional groups attached to an aromatic ring is 1. The normalized spacial score (nSPS) is 12.3. The van der Waals surface area contributed by atoms with E-state index in [4.69, 9.17) is 5.73 Å². The third-order valence-corrected chi connectivity index (χ3v) is 8.22. The van der Waals surface area contributed by atoms with Crippen LogP contribution in [0.15, 0.2) is 18.2 Å². The van der Waals surface area contributed by atoms with Crippen molar-refractivity contribution in [3.63, 3.8) is 0 Å². The highest BCUT2D eigenvalue weighted by Crippen LogP contribution is 2.37. The molecule has 0 aliphatic carbocycles. The molecule has 100 valence electrons. The lowest BCUT2D eigenvalue weighted by Crippen LogP contribution is -2.45. The van der Waals surface area contributed by atoms with Crippen molar-refractivity contribution in [2.75, 3.05) is 10.7 Å². The standard InChI is InChI=1S/C12H21N3O2Si/c1-12(2,3)18(4,5)14-9-6-7-11(15(16)17)10(13)8-9/h6-8,14H,13H2,1-5H3. The summed E-state index contributed by atoms with van der Waals surface area (Å²) in [4.78, 5) is 13.7. The number of benzene rings is 1. The number of nitrogens with two attached hydrogens (primary N) is 1. The number of hydrogen-bond acceptors (Lipinski definition) is 4. The van der Waals surface area contributed by atoms with Gasteiger partial charge in [-0.2, -0.15) is 0 Å². The Balaban J connectivity index is 3.01. The van der Waals surface area contributed by atoms with Crippen molar-refractivity contribution < 1.29 is 4.92 Å². The molecule has 6 heteroatoms. The Morgan fingerprint density at radius 1 is 1.33 bits per heavy atom. The van der Waals surface area contributed by atoms with E-state index < -0.39 is 13.2 Å². The van der Waals surface area contributed by atoms with Gasteiger partial charge in [-0.15, -0.1) is 0 Å². The van der Waals surface area contributed by atoms with Crippen LogP contribution in [-0.2, 0) is 0 Å². The van der Waals surface area contributed by atoms with Crippen molar-refractivity contribution in [1.29, 1.82) is 0 Å². The maximum atomic E-state index is 10.7. The summed E-state index contributed by atoms with van der Waals surface area (Å²) in [5, 5.41) is 10.9. The van der Waals surface area contributed by atoms with Crippen LogP contribution in [0.4, 0.5) is 17.1 Å². The third kappa shape index (κ3) is 3.01. The molecule has 0 saturated carbocycles. The highest BCUT2D eigenvalue weighted by molar-refractivity contribution is 6.83. The molecule has 0 amide bonds. The molecular formula is C12H21N3O2Si. The van der Waals surface area contributed by atoms with Crippen LogP contribution in [0.1, 0.15) is 20.8 Å². The van der Waals surface area contributed by atoms with Gasteiger partial charge < -0.3 is 10.7 Å². The zero-order valence-electron chi connectivity index (χ0n) is 11.6. The zero-order chi connectivity index (χ0) is 14.1.